The van der Waals surface area contributed by atoms with Gasteiger partial charge in [-0.15, -0.1) is 0 Å². The van der Waals surface area contributed by atoms with Gasteiger partial charge in [0.15, 0.2) is 11.4 Å². The van der Waals surface area contributed by atoms with Crippen molar-refractivity contribution in [2.24, 2.45) is 5.73 Å². The van der Waals surface area contributed by atoms with Crippen LogP contribution in [0.15, 0.2) is 54.9 Å². The summed E-state index contributed by atoms with van der Waals surface area (Å²) in [6.45, 7) is 0. The highest BCUT2D eigenvalue weighted by Gasteiger charge is 2.10. The minimum absolute atomic E-state index is 0.345. The lowest BCUT2D eigenvalue weighted by molar-refractivity contribution is 0.211. The summed E-state index contributed by atoms with van der Waals surface area (Å²) in [6.07, 6.45) is 2.86. The van der Waals surface area contributed by atoms with Gasteiger partial charge >= 0.3 is 6.09 Å². The Kier molecular flexibility index (Phi) is 2.64. The van der Waals surface area contributed by atoms with Gasteiger partial charge in [0.1, 0.15) is 0 Å². The van der Waals surface area contributed by atoms with Crippen molar-refractivity contribution < 1.29 is 9.53 Å². The van der Waals surface area contributed by atoms with Gasteiger partial charge in [-0.05, 0) is 12.1 Å². The topological polar surface area (TPSA) is 69.6 Å². The number of hydrogen-bond acceptors (Lipinski definition) is 3. The quantitative estimate of drug-likeness (QED) is 0.762. The Morgan fingerprint density at radius 2 is 1.95 bits per heavy atom. The van der Waals surface area contributed by atoms with Crippen molar-refractivity contribution in [3.63, 3.8) is 0 Å². The number of carbonyl (C=O) groups is 1. The fourth-order valence-electron chi connectivity index (χ4n) is 1.92. The van der Waals surface area contributed by atoms with Crippen LogP contribution in [0.5, 0.6) is 5.75 Å². The third-order valence-corrected chi connectivity index (χ3v) is 2.73. The molecule has 0 aliphatic rings. The molecule has 0 saturated carbocycles. The molecule has 1 aromatic carbocycles. The Hall–Kier alpha value is -2.82. The highest BCUT2D eigenvalue weighted by Crippen LogP contribution is 2.24. The molecule has 2 aromatic heterocycles. The van der Waals surface area contributed by atoms with E-state index in [9.17, 15) is 4.79 Å². The zero-order chi connectivity index (χ0) is 13.2. The number of hydrogen-bond donors (Lipinski definition) is 1. The lowest BCUT2D eigenvalue weighted by atomic mass is 10.2. The molecule has 19 heavy (non-hydrogen) atoms. The van der Waals surface area contributed by atoms with E-state index in [1.807, 2.05) is 42.7 Å². The summed E-state index contributed by atoms with van der Waals surface area (Å²) >= 11 is 0. The number of amides is 1. The summed E-state index contributed by atoms with van der Waals surface area (Å²) in [5, 5.41) is 0. The van der Waals surface area contributed by atoms with E-state index >= 15 is 0 Å². The molecule has 5 heteroatoms. The fraction of sp³-hybridized carbons (Fsp3) is 0. The first-order valence-corrected chi connectivity index (χ1v) is 5.74. The summed E-state index contributed by atoms with van der Waals surface area (Å²) in [5.41, 5.74) is 7.39. The van der Waals surface area contributed by atoms with Crippen molar-refractivity contribution >= 4 is 11.7 Å². The predicted molar refractivity (Wildman–Crippen MR) is 70.8 cm³/mol. The van der Waals surface area contributed by atoms with Gasteiger partial charge in [0.25, 0.3) is 0 Å². The summed E-state index contributed by atoms with van der Waals surface area (Å²) in [5.74, 6) is 0.345. The number of rotatable bonds is 2. The number of aromatic nitrogens is 2. The van der Waals surface area contributed by atoms with Crippen LogP contribution in [0.2, 0.25) is 0 Å². The van der Waals surface area contributed by atoms with Crippen LogP contribution in [0.4, 0.5) is 4.79 Å². The van der Waals surface area contributed by atoms with E-state index < -0.39 is 6.09 Å². The zero-order valence-corrected chi connectivity index (χ0v) is 9.98. The maximum atomic E-state index is 10.9. The molecule has 2 heterocycles. The van der Waals surface area contributed by atoms with Crippen molar-refractivity contribution in [1.82, 2.24) is 9.38 Å². The first kappa shape index (κ1) is 11.3. The summed E-state index contributed by atoms with van der Waals surface area (Å²) in [6, 6.07) is 13.2. The largest absolute Gasteiger partial charge is 0.410 e. The molecule has 0 radical (unpaired) electrons. The van der Waals surface area contributed by atoms with Crippen LogP contribution in [0, 0.1) is 0 Å². The van der Waals surface area contributed by atoms with Crippen molar-refractivity contribution in [2.45, 2.75) is 0 Å². The Morgan fingerprint density at radius 3 is 2.68 bits per heavy atom. The van der Waals surface area contributed by atoms with Crippen LogP contribution < -0.4 is 10.5 Å². The molecule has 0 fully saturated rings. The first-order valence-electron chi connectivity index (χ1n) is 5.74. The lowest BCUT2D eigenvalue weighted by Gasteiger charge is -2.01. The minimum Gasteiger partial charge on any atom is -0.406 e. The normalized spacial score (nSPS) is 10.5. The van der Waals surface area contributed by atoms with E-state index in [0.29, 0.717) is 11.4 Å². The second-order valence-electron chi connectivity index (χ2n) is 4.02. The van der Waals surface area contributed by atoms with E-state index in [2.05, 4.69) is 4.98 Å². The summed E-state index contributed by atoms with van der Waals surface area (Å²) in [7, 11) is 0. The first-order chi connectivity index (χ1) is 9.24. The van der Waals surface area contributed by atoms with Crippen LogP contribution in [0.1, 0.15) is 0 Å². The maximum Gasteiger partial charge on any atom is 0.410 e. The lowest BCUT2D eigenvalue weighted by Crippen LogP contribution is -2.16. The number of fused-ring (bicyclic) bond motifs is 1. The van der Waals surface area contributed by atoms with E-state index in [1.165, 1.54) is 0 Å². The number of primary amides is 1. The van der Waals surface area contributed by atoms with Crippen LogP contribution in [-0.4, -0.2) is 15.5 Å². The number of ether oxygens (including phenoxy) is 1. The zero-order valence-electron chi connectivity index (χ0n) is 9.98. The van der Waals surface area contributed by atoms with Gasteiger partial charge in [-0.1, -0.05) is 30.3 Å². The molecule has 0 bridgehead atoms. The van der Waals surface area contributed by atoms with E-state index in [0.717, 1.165) is 11.3 Å². The van der Waals surface area contributed by atoms with Crippen LogP contribution in [0.3, 0.4) is 0 Å². The molecule has 3 aromatic rings. The van der Waals surface area contributed by atoms with Crippen molar-refractivity contribution in [1.29, 1.82) is 0 Å². The third kappa shape index (κ3) is 2.13. The van der Waals surface area contributed by atoms with Crippen LogP contribution in [-0.2, 0) is 0 Å². The van der Waals surface area contributed by atoms with Crippen LogP contribution >= 0.6 is 0 Å². The Labute approximate surface area is 109 Å². The molecule has 1 amide bonds. The predicted octanol–water partition coefficient (Wildman–Crippen LogP) is 2.46. The summed E-state index contributed by atoms with van der Waals surface area (Å²) < 4.78 is 6.72. The standard InChI is InChI=1S/C14H11N3O2/c15-14(18)19-12-7-4-8-17-9-11(16-13(12)17)10-5-2-1-3-6-10/h1-9H,(H2,15,18). The van der Waals surface area contributed by atoms with Gasteiger partial charge in [0.05, 0.1) is 5.69 Å². The molecule has 0 aliphatic heterocycles. The second-order valence-corrected chi connectivity index (χ2v) is 4.02. The average molecular weight is 253 g/mol. The fourth-order valence-corrected chi connectivity index (χ4v) is 1.92. The highest BCUT2D eigenvalue weighted by molar-refractivity contribution is 5.73. The van der Waals surface area contributed by atoms with Gasteiger partial charge in [0, 0.05) is 18.0 Å². The number of pyridine rings is 1. The Balaban J connectivity index is 2.13. The van der Waals surface area contributed by atoms with Crippen molar-refractivity contribution in [3.8, 4) is 17.0 Å². The number of benzene rings is 1. The number of carbonyl (C=O) groups excluding carboxylic acids is 1. The van der Waals surface area contributed by atoms with Gasteiger partial charge in [-0.25, -0.2) is 9.78 Å². The molecule has 0 unspecified atom stereocenters. The number of imidazole rings is 1. The minimum atomic E-state index is -0.850. The molecular weight excluding hydrogens is 242 g/mol. The highest BCUT2D eigenvalue weighted by atomic mass is 16.5. The molecule has 5 nitrogen and oxygen atoms in total. The SMILES string of the molecule is NC(=O)Oc1cccn2cc(-c3ccccc3)nc12. The van der Waals surface area contributed by atoms with Gasteiger partial charge in [0.2, 0.25) is 0 Å². The maximum absolute atomic E-state index is 10.9. The molecule has 94 valence electrons. The molecule has 3 rings (SSSR count). The Morgan fingerprint density at radius 1 is 1.16 bits per heavy atom. The van der Waals surface area contributed by atoms with E-state index in [4.69, 9.17) is 10.5 Å². The van der Waals surface area contributed by atoms with Crippen molar-refractivity contribution in [3.05, 3.63) is 54.9 Å². The van der Waals surface area contributed by atoms with E-state index in [-0.39, 0.29) is 0 Å². The number of nitrogens with two attached hydrogens (primary N) is 1. The smallest absolute Gasteiger partial charge is 0.406 e. The van der Waals surface area contributed by atoms with Gasteiger partial charge < -0.3 is 14.9 Å². The number of nitrogens with zero attached hydrogens (tertiary/aromatic N) is 2. The molecule has 0 atom stereocenters. The molecule has 0 spiro atoms. The molecular formula is C14H11N3O2. The summed E-state index contributed by atoms with van der Waals surface area (Å²) in [4.78, 5) is 15.3. The second kappa shape index (κ2) is 4.45. The van der Waals surface area contributed by atoms with Crippen LogP contribution in [0.25, 0.3) is 16.9 Å². The third-order valence-electron chi connectivity index (χ3n) is 2.73. The van der Waals surface area contributed by atoms with Gasteiger partial charge in [-0.2, -0.15) is 0 Å². The average Bonchev–Trinajstić information content (AvgIpc) is 2.84. The molecule has 0 saturated heterocycles. The monoisotopic (exact) mass is 253 g/mol. The van der Waals surface area contributed by atoms with E-state index in [1.54, 1.807) is 16.5 Å². The van der Waals surface area contributed by atoms with Gasteiger partial charge in [-0.3, -0.25) is 0 Å². The Bertz CT molecular complexity index is 735. The van der Waals surface area contributed by atoms with Crippen molar-refractivity contribution in [2.75, 3.05) is 0 Å². The molecule has 2 N–H and O–H groups in total. The molecule has 0 aliphatic carbocycles.